The van der Waals surface area contributed by atoms with Crippen LogP contribution in [0.3, 0.4) is 0 Å². The van der Waals surface area contributed by atoms with Crippen LogP contribution in [0.1, 0.15) is 43.6 Å². The van der Waals surface area contributed by atoms with E-state index in [1.807, 2.05) is 40.7 Å². The van der Waals surface area contributed by atoms with Crippen molar-refractivity contribution in [1.29, 1.82) is 0 Å². The SMILES string of the molecule is Cc1ccc(NC(=O)c2ccnc(OC(F)F)c2)cc1B1OC(C)(C)C(C)(C)O1. The normalized spacial score (nSPS) is 17.4. The van der Waals surface area contributed by atoms with Gasteiger partial charge < -0.3 is 19.4 Å². The lowest BCUT2D eigenvalue weighted by atomic mass is 9.76. The zero-order valence-electron chi connectivity index (χ0n) is 17.0. The van der Waals surface area contributed by atoms with E-state index >= 15 is 0 Å². The molecule has 1 aliphatic heterocycles. The summed E-state index contributed by atoms with van der Waals surface area (Å²) in [4.78, 5) is 16.2. The van der Waals surface area contributed by atoms with Gasteiger partial charge in [-0.25, -0.2) is 4.98 Å². The fourth-order valence-corrected chi connectivity index (χ4v) is 2.85. The Kier molecular flexibility index (Phi) is 5.64. The van der Waals surface area contributed by atoms with E-state index in [2.05, 4.69) is 15.0 Å². The molecule has 0 spiro atoms. The number of carbonyl (C=O) groups excluding carboxylic acids is 1. The van der Waals surface area contributed by atoms with Crippen LogP contribution in [0.2, 0.25) is 0 Å². The molecule has 1 amide bonds. The van der Waals surface area contributed by atoms with Gasteiger partial charge in [-0.2, -0.15) is 8.78 Å². The van der Waals surface area contributed by atoms with Gasteiger partial charge in [-0.15, -0.1) is 0 Å². The first-order chi connectivity index (χ1) is 13.5. The highest BCUT2D eigenvalue weighted by Crippen LogP contribution is 2.36. The van der Waals surface area contributed by atoms with E-state index in [1.54, 1.807) is 12.1 Å². The lowest BCUT2D eigenvalue weighted by Gasteiger charge is -2.32. The minimum absolute atomic E-state index is 0.147. The number of rotatable bonds is 5. The molecule has 2 heterocycles. The second-order valence-corrected chi connectivity index (χ2v) is 7.87. The van der Waals surface area contributed by atoms with Crippen LogP contribution in [0.25, 0.3) is 0 Å². The molecule has 1 aromatic heterocycles. The quantitative estimate of drug-likeness (QED) is 0.773. The third kappa shape index (κ3) is 4.57. The van der Waals surface area contributed by atoms with Crippen LogP contribution < -0.4 is 15.5 Å². The van der Waals surface area contributed by atoms with Gasteiger partial charge in [0.15, 0.2) is 0 Å². The molecule has 154 valence electrons. The minimum Gasteiger partial charge on any atom is -0.417 e. The molecular formula is C20H23BF2N2O4. The van der Waals surface area contributed by atoms with Crippen LogP contribution in [-0.2, 0) is 9.31 Å². The number of amides is 1. The van der Waals surface area contributed by atoms with Crippen LogP contribution in [0.4, 0.5) is 14.5 Å². The molecule has 0 radical (unpaired) electrons. The summed E-state index contributed by atoms with van der Waals surface area (Å²) in [5, 5.41) is 2.75. The summed E-state index contributed by atoms with van der Waals surface area (Å²) >= 11 is 0. The van der Waals surface area contributed by atoms with E-state index < -0.39 is 30.8 Å². The molecule has 2 aromatic rings. The number of aromatic nitrogens is 1. The largest absolute Gasteiger partial charge is 0.495 e. The summed E-state index contributed by atoms with van der Waals surface area (Å²) < 4.78 is 41.1. The number of aryl methyl sites for hydroxylation is 1. The number of hydrogen-bond acceptors (Lipinski definition) is 5. The number of benzene rings is 1. The highest BCUT2D eigenvalue weighted by Gasteiger charge is 2.52. The number of halogens is 2. The van der Waals surface area contributed by atoms with Gasteiger partial charge in [0, 0.05) is 23.5 Å². The third-order valence-electron chi connectivity index (χ3n) is 5.25. The highest BCUT2D eigenvalue weighted by atomic mass is 19.3. The molecule has 29 heavy (non-hydrogen) atoms. The number of pyridine rings is 1. The molecule has 0 unspecified atom stereocenters. The van der Waals surface area contributed by atoms with Gasteiger partial charge in [0.25, 0.3) is 5.91 Å². The molecule has 0 atom stereocenters. The number of carbonyl (C=O) groups is 1. The molecule has 0 aliphatic carbocycles. The summed E-state index contributed by atoms with van der Waals surface area (Å²) in [5.41, 5.74) is 1.46. The van der Waals surface area contributed by atoms with Gasteiger partial charge in [0.05, 0.1) is 11.2 Å². The Bertz CT molecular complexity index is 905. The second kappa shape index (κ2) is 7.72. The maximum absolute atomic E-state index is 12.5. The van der Waals surface area contributed by atoms with Crippen molar-refractivity contribution in [2.75, 3.05) is 5.32 Å². The molecule has 1 saturated heterocycles. The van der Waals surface area contributed by atoms with Crippen LogP contribution in [0.5, 0.6) is 5.88 Å². The molecule has 3 rings (SSSR count). The number of nitrogens with one attached hydrogen (secondary N) is 1. The van der Waals surface area contributed by atoms with E-state index in [0.717, 1.165) is 17.1 Å². The topological polar surface area (TPSA) is 69.7 Å². The maximum atomic E-state index is 12.5. The molecule has 0 bridgehead atoms. The summed E-state index contributed by atoms with van der Waals surface area (Å²) in [5.74, 6) is -0.801. The molecule has 9 heteroatoms. The first-order valence-electron chi connectivity index (χ1n) is 9.17. The van der Waals surface area contributed by atoms with Crippen molar-refractivity contribution in [2.45, 2.75) is 52.4 Å². The van der Waals surface area contributed by atoms with E-state index in [4.69, 9.17) is 9.31 Å². The van der Waals surface area contributed by atoms with Crippen LogP contribution in [-0.4, -0.2) is 35.8 Å². The highest BCUT2D eigenvalue weighted by molar-refractivity contribution is 6.62. The van der Waals surface area contributed by atoms with E-state index in [0.29, 0.717) is 5.69 Å². The monoisotopic (exact) mass is 404 g/mol. The van der Waals surface area contributed by atoms with Crippen LogP contribution in [0.15, 0.2) is 36.5 Å². The van der Waals surface area contributed by atoms with Crippen molar-refractivity contribution >= 4 is 24.2 Å². The Morgan fingerprint density at radius 1 is 1.14 bits per heavy atom. The molecule has 1 N–H and O–H groups in total. The number of nitrogens with zero attached hydrogens (tertiary/aromatic N) is 1. The zero-order valence-corrected chi connectivity index (χ0v) is 17.0. The Morgan fingerprint density at radius 3 is 2.41 bits per heavy atom. The predicted molar refractivity (Wildman–Crippen MR) is 106 cm³/mol. The smallest absolute Gasteiger partial charge is 0.417 e. The van der Waals surface area contributed by atoms with Gasteiger partial charge in [-0.1, -0.05) is 11.6 Å². The first kappa shape index (κ1) is 21.2. The molecule has 6 nitrogen and oxygen atoms in total. The van der Waals surface area contributed by atoms with Crippen LogP contribution in [0, 0.1) is 6.92 Å². The number of hydrogen-bond donors (Lipinski definition) is 1. The van der Waals surface area contributed by atoms with E-state index in [1.165, 1.54) is 12.3 Å². The van der Waals surface area contributed by atoms with Gasteiger partial charge >= 0.3 is 13.7 Å². The predicted octanol–water partition coefficient (Wildman–Crippen LogP) is 3.54. The molecule has 1 aromatic carbocycles. The van der Waals surface area contributed by atoms with Gasteiger partial charge in [0.1, 0.15) is 0 Å². The van der Waals surface area contributed by atoms with Crippen LogP contribution >= 0.6 is 0 Å². The number of ether oxygens (including phenoxy) is 1. The lowest BCUT2D eigenvalue weighted by Crippen LogP contribution is -2.41. The van der Waals surface area contributed by atoms with Crippen molar-refractivity contribution in [3.63, 3.8) is 0 Å². The molecular weight excluding hydrogens is 381 g/mol. The summed E-state index contributed by atoms with van der Waals surface area (Å²) in [6.45, 7) is 6.79. The average molecular weight is 404 g/mol. The Hall–Kier alpha value is -2.52. The number of anilines is 1. The van der Waals surface area contributed by atoms with Crippen molar-refractivity contribution in [1.82, 2.24) is 4.98 Å². The molecule has 0 saturated carbocycles. The van der Waals surface area contributed by atoms with Crippen molar-refractivity contribution in [3.8, 4) is 5.88 Å². The van der Waals surface area contributed by atoms with Crippen molar-refractivity contribution < 1.29 is 27.6 Å². The Balaban J connectivity index is 1.79. The maximum Gasteiger partial charge on any atom is 0.495 e. The zero-order chi connectivity index (χ0) is 21.4. The van der Waals surface area contributed by atoms with Crippen molar-refractivity contribution in [2.24, 2.45) is 0 Å². The van der Waals surface area contributed by atoms with Gasteiger partial charge in [0.2, 0.25) is 5.88 Å². The second-order valence-electron chi connectivity index (χ2n) is 7.87. The Labute approximate surface area is 168 Å². The third-order valence-corrected chi connectivity index (χ3v) is 5.25. The van der Waals surface area contributed by atoms with Crippen molar-refractivity contribution in [3.05, 3.63) is 47.7 Å². The summed E-state index contributed by atoms with van der Waals surface area (Å²) in [6.07, 6.45) is 1.23. The number of alkyl halides is 2. The molecule has 1 aliphatic rings. The van der Waals surface area contributed by atoms with E-state index in [-0.39, 0.29) is 11.4 Å². The van der Waals surface area contributed by atoms with E-state index in [9.17, 15) is 13.6 Å². The average Bonchev–Trinajstić information content (AvgIpc) is 2.83. The lowest BCUT2D eigenvalue weighted by molar-refractivity contribution is -0.0528. The Morgan fingerprint density at radius 2 is 1.79 bits per heavy atom. The van der Waals surface area contributed by atoms with Gasteiger partial charge in [-0.05, 0) is 58.3 Å². The fourth-order valence-electron chi connectivity index (χ4n) is 2.85. The summed E-state index contributed by atoms with van der Waals surface area (Å²) in [7, 11) is -0.566. The van der Waals surface area contributed by atoms with Gasteiger partial charge in [-0.3, -0.25) is 4.79 Å². The first-order valence-corrected chi connectivity index (χ1v) is 9.17. The molecule has 1 fully saturated rings. The standard InChI is InChI=1S/C20H23BF2N2O4/c1-12-6-7-14(11-15(12)21-28-19(2,3)20(4,5)29-21)25-17(26)13-8-9-24-16(10-13)27-18(22)23/h6-11,18H,1-5H3,(H,25,26). The minimum atomic E-state index is -3.01. The fraction of sp³-hybridized carbons (Fsp3) is 0.400. The summed E-state index contributed by atoms with van der Waals surface area (Å²) in [6, 6.07) is 7.96.